The van der Waals surface area contributed by atoms with Crippen molar-refractivity contribution < 1.29 is 22.6 Å². The smallest absolute Gasteiger partial charge is 0.0620 e. The molecule has 60 heavy (non-hydrogen) atoms. The number of carbonyl (C=O) groups excluding carboxylic acids is 1. The van der Waals surface area contributed by atoms with Crippen LogP contribution < -0.4 is 47.7 Å². The minimum absolute atomic E-state index is 0.877. The summed E-state index contributed by atoms with van der Waals surface area (Å²) < 4.78 is 1.39. The van der Waals surface area contributed by atoms with Gasteiger partial charge in [-0.2, -0.15) is 0 Å². The van der Waals surface area contributed by atoms with Crippen LogP contribution in [0.4, 0.5) is 0 Å². The van der Waals surface area contributed by atoms with Gasteiger partial charge in [0.1, 0.15) is 47.7 Å². The van der Waals surface area contributed by atoms with E-state index < -0.39 is 23.8 Å². The molecule has 0 unspecified atom stereocenters. The summed E-state index contributed by atoms with van der Waals surface area (Å²) in [6.45, 7) is 0. The Morgan fingerprint density at radius 3 is 0.383 bits per heavy atom. The van der Waals surface area contributed by atoms with Gasteiger partial charge in [-0.15, -0.1) is 0 Å². The van der Waals surface area contributed by atoms with Crippen LogP contribution in [0.2, 0.25) is 0 Å². The van der Waals surface area contributed by atoms with Crippen LogP contribution in [0.15, 0.2) is 273 Å². The fourth-order valence-electron chi connectivity index (χ4n) is 6.94. The third-order valence-electron chi connectivity index (χ3n) is 9.56. The fourth-order valence-corrected chi connectivity index (χ4v) is 14.7. The van der Waals surface area contributed by atoms with Gasteiger partial charge < -0.3 is 0 Å². The van der Waals surface area contributed by atoms with E-state index in [1.54, 1.807) is 0 Å². The van der Waals surface area contributed by atoms with E-state index in [0.29, 0.717) is 0 Å². The summed E-state index contributed by atoms with van der Waals surface area (Å²) in [6, 6.07) is 97.5. The molecule has 0 aliphatic carbocycles. The molecule has 9 rings (SSSR count). The molecule has 0 radical (unpaired) electrons. The Balaban J connectivity index is 0.000000146. The van der Waals surface area contributed by atoms with Gasteiger partial charge in [-0.05, 0) is 109 Å². The van der Waals surface area contributed by atoms with Crippen LogP contribution in [0.5, 0.6) is 0 Å². The Morgan fingerprint density at radius 2 is 0.300 bits per heavy atom. The third-order valence-corrected chi connectivity index (χ3v) is 17.8. The first-order chi connectivity index (χ1) is 29.8. The maximum Gasteiger partial charge on any atom is 0.102 e. The van der Waals surface area contributed by atoms with Crippen molar-refractivity contribution in [2.45, 2.75) is 0 Å². The molecule has 295 valence electrons. The second-order valence-electron chi connectivity index (χ2n) is 13.5. The van der Waals surface area contributed by atoms with Gasteiger partial charge in [0.15, 0.2) is 0 Å². The molecule has 0 saturated carbocycles. The van der Waals surface area contributed by atoms with E-state index in [0.717, 1.165) is 0 Å². The van der Waals surface area contributed by atoms with Crippen molar-refractivity contribution in [2.75, 3.05) is 0 Å². The van der Waals surface area contributed by atoms with Crippen molar-refractivity contribution in [1.29, 1.82) is 0 Å². The fraction of sp³-hybridized carbons (Fsp3) is 0. The van der Waals surface area contributed by atoms with E-state index in [-0.39, 0.29) is 0 Å². The predicted molar refractivity (Wildman–Crippen MR) is 265 cm³/mol. The Kier molecular flexibility index (Phi) is 18.5. The van der Waals surface area contributed by atoms with Gasteiger partial charge in [-0.3, -0.25) is 0 Å². The van der Waals surface area contributed by atoms with Crippen molar-refractivity contribution in [3.05, 3.63) is 273 Å². The Morgan fingerprint density at radius 1 is 0.217 bits per heavy atom. The maximum absolute atomic E-state index is 8.63. The van der Waals surface area contributed by atoms with Crippen molar-refractivity contribution in [3.63, 3.8) is 0 Å². The summed E-state index contributed by atoms with van der Waals surface area (Å²) in [7, 11) is -2.63. The zero-order valence-electron chi connectivity index (χ0n) is 33.2. The molecule has 0 aliphatic rings. The molecule has 0 spiro atoms. The van der Waals surface area contributed by atoms with Crippen molar-refractivity contribution in [1.82, 2.24) is 0 Å². The van der Waals surface area contributed by atoms with Gasteiger partial charge in [0, 0.05) is 0 Å². The van der Waals surface area contributed by atoms with Crippen LogP contribution in [0.25, 0.3) is 0 Å². The van der Waals surface area contributed by atoms with E-state index >= 15 is 0 Å². The van der Waals surface area contributed by atoms with Crippen LogP contribution >= 0.6 is 23.8 Å². The molecule has 0 amide bonds. The number of hydrogen-bond acceptors (Lipinski definition) is 1. The first-order valence-electron chi connectivity index (χ1n) is 19.8. The summed E-state index contributed by atoms with van der Waals surface area (Å²) in [5, 5.41) is 12.9. The summed E-state index contributed by atoms with van der Waals surface area (Å²) in [5.41, 5.74) is 0. The van der Waals surface area contributed by atoms with E-state index in [9.17, 15) is 0 Å². The molecule has 0 heterocycles. The monoisotopic (exact) mass is 920 g/mol. The second kappa shape index (κ2) is 25.2. The van der Waals surface area contributed by atoms with Gasteiger partial charge in [-0.1, -0.05) is 164 Å². The Hall–Kier alpha value is -5.53. The molecule has 0 bridgehead atoms. The van der Waals surface area contributed by atoms with Gasteiger partial charge in [-0.25, -0.2) is 0 Å². The standard InChI is InChI=1S/3C18H15P.CO.Rh/c3*1-4-10-16(11-5-1)19(17-12-6-2-7-13-17)18-14-8-3-9-15-18;1-2;/h3*1-15H;;/p+3. The van der Waals surface area contributed by atoms with E-state index in [1.807, 2.05) is 17.9 Å². The van der Waals surface area contributed by atoms with Crippen LogP contribution in [0.3, 0.4) is 0 Å². The zero-order valence-corrected chi connectivity index (χ0v) is 37.9. The number of hydrogen-bond donors (Lipinski definition) is 0. The Labute approximate surface area is 369 Å². The summed E-state index contributed by atoms with van der Waals surface area (Å²) >= 11 is 1.92. The molecule has 9 aromatic rings. The molecule has 0 atom stereocenters. The second-order valence-corrected chi connectivity index (χ2v) is 21.3. The van der Waals surface area contributed by atoms with Gasteiger partial charge in [0.25, 0.3) is 0 Å². The van der Waals surface area contributed by atoms with Crippen LogP contribution in [0.1, 0.15) is 0 Å². The summed E-state index contributed by atoms with van der Waals surface area (Å²) in [6.07, 6.45) is 0. The van der Waals surface area contributed by atoms with Crippen LogP contribution in [0, 0.1) is 0 Å². The zero-order chi connectivity index (χ0) is 41.5. The molecular weight excluding hydrogens is 872 g/mol. The van der Waals surface area contributed by atoms with E-state index in [2.05, 4.69) is 273 Å². The normalized spacial score (nSPS) is 10.2. The minimum atomic E-state index is -0.877. The van der Waals surface area contributed by atoms with Crippen molar-refractivity contribution in [3.8, 4) is 0 Å². The van der Waals surface area contributed by atoms with Gasteiger partial charge in [0.2, 0.25) is 0 Å². The average molecular weight is 921 g/mol. The third kappa shape index (κ3) is 13.2. The molecule has 0 N–H and O–H groups in total. The topological polar surface area (TPSA) is 17.1 Å². The van der Waals surface area contributed by atoms with E-state index in [4.69, 9.17) is 4.79 Å². The molecule has 0 aromatic heterocycles. The molecule has 0 aliphatic heterocycles. The molecular formula is C55H48OP3Rh+3. The largest absolute Gasteiger partial charge is 0.102 e. The quantitative estimate of drug-likeness (QED) is 0.104. The first kappa shape index (κ1) is 44.0. The average Bonchev–Trinajstić information content (AvgIpc) is 3.33. The SMILES string of the molecule is O=[C]=[Rh].c1ccc([PH+](c2ccccc2)c2ccccc2)cc1.c1ccc([PH+](c2ccccc2)c2ccccc2)cc1.c1ccc([PH+](c2ccccc2)c2ccccc2)cc1. The maximum atomic E-state index is 8.63. The Bertz CT molecular complexity index is 1960. The van der Waals surface area contributed by atoms with E-state index in [1.165, 1.54) is 52.2 Å². The predicted octanol–water partition coefficient (Wildman–Crippen LogP) is 9.13. The molecule has 1 nitrogen and oxygen atoms in total. The van der Waals surface area contributed by atoms with Crippen LogP contribution in [-0.4, -0.2) is 4.47 Å². The first-order valence-corrected chi connectivity index (χ1v) is 25.1. The van der Waals surface area contributed by atoms with Crippen molar-refractivity contribution in [2.24, 2.45) is 0 Å². The molecule has 5 heteroatoms. The molecule has 9 aromatic carbocycles. The van der Waals surface area contributed by atoms with Crippen LogP contribution in [-0.2, 0) is 22.6 Å². The number of rotatable bonds is 9. The summed E-state index contributed by atoms with van der Waals surface area (Å²) in [4.78, 5) is 8.63. The molecule has 0 fully saturated rings. The van der Waals surface area contributed by atoms with Crippen molar-refractivity contribution >= 4 is 76.0 Å². The number of benzene rings is 9. The molecule has 0 saturated heterocycles. The summed E-state index contributed by atoms with van der Waals surface area (Å²) in [5.74, 6) is 0. The van der Waals surface area contributed by atoms with Gasteiger partial charge in [0.05, 0.1) is 23.8 Å². The minimum Gasteiger partial charge on any atom is -0.0620 e. The van der Waals surface area contributed by atoms with Gasteiger partial charge >= 0.3 is 27.1 Å².